The number of carbonyl (C=O) groups is 2. The Hall–Kier alpha value is -2.71. The molecule has 8 heteroatoms. The molecule has 3 rings (SSSR count). The molecule has 0 spiro atoms. The Morgan fingerprint density at radius 2 is 1.59 bits per heavy atom. The molecule has 1 saturated heterocycles. The number of aliphatic carboxylic acids is 1. The van der Waals surface area contributed by atoms with Crippen LogP contribution in [0.2, 0.25) is 0 Å². The Labute approximate surface area is 170 Å². The van der Waals surface area contributed by atoms with Gasteiger partial charge in [-0.05, 0) is 49.1 Å². The van der Waals surface area contributed by atoms with Crippen molar-refractivity contribution in [3.63, 3.8) is 0 Å². The van der Waals surface area contributed by atoms with E-state index in [1.165, 1.54) is 28.6 Å². The number of hydrogen-bond donors (Lipinski definition) is 1. The van der Waals surface area contributed by atoms with E-state index in [1.54, 1.807) is 24.3 Å². The van der Waals surface area contributed by atoms with Crippen molar-refractivity contribution in [2.45, 2.75) is 36.6 Å². The van der Waals surface area contributed by atoms with Crippen molar-refractivity contribution in [2.75, 3.05) is 13.1 Å². The second kappa shape index (κ2) is 9.19. The SMILES string of the molecule is O=C(N[C@H](Cc1ccccc1)C(=O)[O-])c1ccc(S(=O)(=O)N2CCCCC2)cc1. The number of carbonyl (C=O) groups excluding carboxylic acids is 2. The third kappa shape index (κ3) is 5.21. The highest BCUT2D eigenvalue weighted by Crippen LogP contribution is 2.21. The predicted molar refractivity (Wildman–Crippen MR) is 105 cm³/mol. The molecule has 0 saturated carbocycles. The Bertz CT molecular complexity index is 952. The summed E-state index contributed by atoms with van der Waals surface area (Å²) in [6.07, 6.45) is 2.79. The van der Waals surface area contributed by atoms with Gasteiger partial charge in [-0.3, -0.25) is 4.79 Å². The molecule has 154 valence electrons. The van der Waals surface area contributed by atoms with Crippen LogP contribution in [0.1, 0.15) is 35.2 Å². The molecular weight excluding hydrogens is 392 g/mol. The van der Waals surface area contributed by atoms with Gasteiger partial charge in [0.2, 0.25) is 10.0 Å². The summed E-state index contributed by atoms with van der Waals surface area (Å²) >= 11 is 0. The highest BCUT2D eigenvalue weighted by atomic mass is 32.2. The highest BCUT2D eigenvalue weighted by Gasteiger charge is 2.26. The molecule has 0 aliphatic carbocycles. The van der Waals surface area contributed by atoms with Crippen molar-refractivity contribution in [3.8, 4) is 0 Å². The predicted octanol–water partition coefficient (Wildman–Crippen LogP) is 0.952. The zero-order valence-corrected chi connectivity index (χ0v) is 16.7. The van der Waals surface area contributed by atoms with E-state index in [0.717, 1.165) is 24.8 Å². The van der Waals surface area contributed by atoms with E-state index in [1.807, 2.05) is 6.07 Å². The molecule has 0 unspecified atom stereocenters. The van der Waals surface area contributed by atoms with Crippen LogP contribution in [0.5, 0.6) is 0 Å². The van der Waals surface area contributed by atoms with Gasteiger partial charge in [-0.2, -0.15) is 4.31 Å². The third-order valence-electron chi connectivity index (χ3n) is 4.94. The summed E-state index contributed by atoms with van der Waals surface area (Å²) in [5.41, 5.74) is 0.937. The summed E-state index contributed by atoms with van der Waals surface area (Å²) in [4.78, 5) is 24.0. The van der Waals surface area contributed by atoms with Gasteiger partial charge in [0.25, 0.3) is 5.91 Å². The Kier molecular flexibility index (Phi) is 6.66. The van der Waals surface area contributed by atoms with Gasteiger partial charge < -0.3 is 15.2 Å². The topological polar surface area (TPSA) is 107 Å². The first-order chi connectivity index (χ1) is 13.9. The van der Waals surface area contributed by atoms with Crippen molar-refractivity contribution in [3.05, 3.63) is 65.7 Å². The lowest BCUT2D eigenvalue weighted by atomic mass is 10.1. The zero-order chi connectivity index (χ0) is 20.9. The number of rotatable bonds is 7. The van der Waals surface area contributed by atoms with Crippen LogP contribution >= 0.6 is 0 Å². The first-order valence-corrected chi connectivity index (χ1v) is 11.0. The number of hydrogen-bond acceptors (Lipinski definition) is 5. The molecule has 7 nitrogen and oxygen atoms in total. The fraction of sp³-hybridized carbons (Fsp3) is 0.333. The van der Waals surface area contributed by atoms with Gasteiger partial charge in [-0.25, -0.2) is 8.42 Å². The summed E-state index contributed by atoms with van der Waals surface area (Å²) in [5, 5.41) is 13.9. The van der Waals surface area contributed by atoms with Crippen LogP contribution in [0.15, 0.2) is 59.5 Å². The molecule has 2 aromatic carbocycles. The van der Waals surface area contributed by atoms with E-state index in [-0.39, 0.29) is 16.9 Å². The van der Waals surface area contributed by atoms with Gasteiger partial charge in [0, 0.05) is 18.7 Å². The maximum Gasteiger partial charge on any atom is 0.251 e. The molecule has 1 aliphatic rings. The summed E-state index contributed by atoms with van der Waals surface area (Å²) in [6.45, 7) is 0.995. The van der Waals surface area contributed by atoms with Crippen molar-refractivity contribution in [1.82, 2.24) is 9.62 Å². The first-order valence-electron chi connectivity index (χ1n) is 9.54. The lowest BCUT2D eigenvalue weighted by Crippen LogP contribution is -2.49. The van der Waals surface area contributed by atoms with Crippen molar-refractivity contribution < 1.29 is 23.1 Å². The number of nitrogens with zero attached hydrogens (tertiary/aromatic N) is 1. The van der Waals surface area contributed by atoms with Gasteiger partial charge in [-0.15, -0.1) is 0 Å². The fourth-order valence-corrected chi connectivity index (χ4v) is 4.83. The number of nitrogens with one attached hydrogen (secondary N) is 1. The largest absolute Gasteiger partial charge is 0.548 e. The van der Waals surface area contributed by atoms with Crippen LogP contribution in [0.25, 0.3) is 0 Å². The van der Waals surface area contributed by atoms with Crippen molar-refractivity contribution in [2.24, 2.45) is 0 Å². The van der Waals surface area contributed by atoms with Gasteiger partial charge in [0.05, 0.1) is 16.9 Å². The maximum absolute atomic E-state index is 12.7. The van der Waals surface area contributed by atoms with E-state index in [9.17, 15) is 23.1 Å². The molecule has 1 heterocycles. The number of sulfonamides is 1. The van der Waals surface area contributed by atoms with Crippen LogP contribution in [-0.2, 0) is 21.2 Å². The van der Waals surface area contributed by atoms with Crippen molar-refractivity contribution in [1.29, 1.82) is 0 Å². The Morgan fingerprint density at radius 3 is 2.17 bits per heavy atom. The van der Waals surface area contributed by atoms with E-state index in [2.05, 4.69) is 5.32 Å². The van der Waals surface area contributed by atoms with E-state index < -0.39 is 27.9 Å². The van der Waals surface area contributed by atoms with E-state index in [4.69, 9.17) is 0 Å². The van der Waals surface area contributed by atoms with Crippen LogP contribution in [-0.4, -0.2) is 43.7 Å². The number of piperidine rings is 1. The minimum atomic E-state index is -3.58. The molecule has 1 aliphatic heterocycles. The second-order valence-electron chi connectivity index (χ2n) is 7.02. The number of carboxylic acid groups (broad SMARTS) is 1. The van der Waals surface area contributed by atoms with Gasteiger partial charge in [0.1, 0.15) is 0 Å². The quantitative estimate of drug-likeness (QED) is 0.725. The van der Waals surface area contributed by atoms with Crippen LogP contribution in [0.4, 0.5) is 0 Å². The number of benzene rings is 2. The normalized spacial score (nSPS) is 16.1. The smallest absolute Gasteiger partial charge is 0.251 e. The summed E-state index contributed by atoms with van der Waals surface area (Å²) in [6, 6.07) is 13.3. The lowest BCUT2D eigenvalue weighted by molar-refractivity contribution is -0.308. The van der Waals surface area contributed by atoms with Crippen LogP contribution < -0.4 is 10.4 Å². The second-order valence-corrected chi connectivity index (χ2v) is 8.96. The molecular formula is C21H23N2O5S-. The van der Waals surface area contributed by atoms with Gasteiger partial charge in [0.15, 0.2) is 0 Å². The van der Waals surface area contributed by atoms with E-state index >= 15 is 0 Å². The van der Waals surface area contributed by atoms with Crippen molar-refractivity contribution >= 4 is 21.9 Å². The minimum Gasteiger partial charge on any atom is -0.548 e. The molecule has 1 fully saturated rings. The van der Waals surface area contributed by atoms with Gasteiger partial charge >= 0.3 is 0 Å². The van der Waals surface area contributed by atoms with Gasteiger partial charge in [-0.1, -0.05) is 36.8 Å². The molecule has 2 aromatic rings. The summed E-state index contributed by atoms with van der Waals surface area (Å²) in [7, 11) is -3.58. The number of carboxylic acids is 1. The Balaban J connectivity index is 1.69. The summed E-state index contributed by atoms with van der Waals surface area (Å²) < 4.78 is 26.8. The molecule has 1 N–H and O–H groups in total. The first kappa shape index (κ1) is 21.0. The molecule has 29 heavy (non-hydrogen) atoms. The molecule has 0 aromatic heterocycles. The standard InChI is InChI=1S/C21H24N2O5S/c24-20(22-19(21(25)26)15-16-7-3-1-4-8-16)17-9-11-18(12-10-17)29(27,28)23-13-5-2-6-14-23/h1,3-4,7-12,19H,2,5-6,13-15H2,(H,22,24)(H,25,26)/p-1/t19-/m1/s1. The Morgan fingerprint density at radius 1 is 0.966 bits per heavy atom. The molecule has 0 bridgehead atoms. The average molecular weight is 415 g/mol. The molecule has 1 amide bonds. The zero-order valence-electron chi connectivity index (χ0n) is 15.9. The molecule has 0 radical (unpaired) electrons. The average Bonchev–Trinajstić information content (AvgIpc) is 2.74. The third-order valence-corrected chi connectivity index (χ3v) is 6.85. The summed E-state index contributed by atoms with van der Waals surface area (Å²) in [5.74, 6) is -1.98. The van der Waals surface area contributed by atoms with E-state index in [0.29, 0.717) is 13.1 Å². The molecule has 1 atom stereocenters. The lowest BCUT2D eigenvalue weighted by Gasteiger charge is -2.26. The number of amides is 1. The minimum absolute atomic E-state index is 0.0936. The monoisotopic (exact) mass is 415 g/mol. The van der Waals surface area contributed by atoms with Crippen LogP contribution in [0.3, 0.4) is 0 Å². The fourth-order valence-electron chi connectivity index (χ4n) is 3.32. The van der Waals surface area contributed by atoms with Crippen LogP contribution in [0, 0.1) is 0 Å². The highest BCUT2D eigenvalue weighted by molar-refractivity contribution is 7.89. The maximum atomic E-state index is 12.7.